The molecule has 0 spiro atoms. The van der Waals surface area contributed by atoms with Gasteiger partial charge in [-0.05, 0) is 31.2 Å². The molecule has 2 heterocycles. The molecule has 25 heavy (non-hydrogen) atoms. The number of carbonyl (C=O) groups is 1. The number of hydrogen-bond donors (Lipinski definition) is 1. The molecule has 0 fully saturated rings. The summed E-state index contributed by atoms with van der Waals surface area (Å²) in [6.07, 6.45) is 1.57. The van der Waals surface area contributed by atoms with E-state index >= 15 is 0 Å². The molecule has 3 aromatic rings. The minimum Gasteiger partial charge on any atom is -0.461 e. The zero-order valence-electron chi connectivity index (χ0n) is 13.6. The Morgan fingerprint density at radius 3 is 2.84 bits per heavy atom. The van der Waals surface area contributed by atoms with Crippen LogP contribution in [0, 0.1) is 11.3 Å². The van der Waals surface area contributed by atoms with Crippen LogP contribution in [0.3, 0.4) is 0 Å². The van der Waals surface area contributed by atoms with E-state index in [1.54, 1.807) is 54.2 Å². The van der Waals surface area contributed by atoms with Crippen molar-refractivity contribution in [1.82, 2.24) is 14.8 Å². The lowest BCUT2D eigenvalue weighted by molar-refractivity contribution is -0.115. The monoisotopic (exact) mass is 353 g/mol. The van der Waals surface area contributed by atoms with E-state index < -0.39 is 5.25 Å². The molecule has 1 N–H and O–H groups in total. The molecule has 0 saturated heterocycles. The molecule has 0 saturated carbocycles. The summed E-state index contributed by atoms with van der Waals surface area (Å²) in [7, 11) is 1.82. The first-order valence-electron chi connectivity index (χ1n) is 7.50. The van der Waals surface area contributed by atoms with E-state index in [2.05, 4.69) is 21.6 Å². The second kappa shape index (κ2) is 7.23. The summed E-state index contributed by atoms with van der Waals surface area (Å²) < 4.78 is 7.10. The molecule has 8 heteroatoms. The van der Waals surface area contributed by atoms with Crippen LogP contribution in [0.1, 0.15) is 12.5 Å². The average Bonchev–Trinajstić information content (AvgIpc) is 3.26. The number of anilines is 1. The third kappa shape index (κ3) is 3.56. The maximum absolute atomic E-state index is 12.4. The molecule has 0 aliphatic carbocycles. The first kappa shape index (κ1) is 16.8. The van der Waals surface area contributed by atoms with E-state index in [0.717, 1.165) is 0 Å². The van der Waals surface area contributed by atoms with E-state index in [0.29, 0.717) is 28.0 Å². The molecule has 0 aliphatic heterocycles. The number of nitrogens with one attached hydrogen (secondary N) is 1. The Bertz CT molecular complexity index is 927. The van der Waals surface area contributed by atoms with Gasteiger partial charge in [0.15, 0.2) is 16.7 Å². The van der Waals surface area contributed by atoms with Crippen molar-refractivity contribution in [3.63, 3.8) is 0 Å². The Labute approximate surface area is 148 Å². The molecule has 2 aromatic heterocycles. The summed E-state index contributed by atoms with van der Waals surface area (Å²) in [5.41, 5.74) is 0.920. The fraction of sp³-hybridized carbons (Fsp3) is 0.176. The number of carbonyl (C=O) groups excluding carboxylic acids is 1. The van der Waals surface area contributed by atoms with Crippen LogP contribution in [-0.4, -0.2) is 25.9 Å². The van der Waals surface area contributed by atoms with Gasteiger partial charge in [0.25, 0.3) is 0 Å². The van der Waals surface area contributed by atoms with Gasteiger partial charge in [0.1, 0.15) is 6.07 Å². The lowest BCUT2D eigenvalue weighted by atomic mass is 10.2. The number of nitriles is 1. The molecule has 126 valence electrons. The molecule has 0 aliphatic rings. The van der Waals surface area contributed by atoms with Crippen molar-refractivity contribution in [2.24, 2.45) is 7.05 Å². The van der Waals surface area contributed by atoms with Gasteiger partial charge in [0.2, 0.25) is 5.91 Å². The van der Waals surface area contributed by atoms with Crippen LogP contribution in [0.5, 0.6) is 0 Å². The van der Waals surface area contributed by atoms with Gasteiger partial charge >= 0.3 is 0 Å². The van der Waals surface area contributed by atoms with E-state index in [-0.39, 0.29) is 5.91 Å². The number of nitrogens with zero attached hydrogens (tertiary/aromatic N) is 4. The average molecular weight is 353 g/mol. The highest BCUT2D eigenvalue weighted by Gasteiger charge is 2.20. The van der Waals surface area contributed by atoms with E-state index in [1.165, 1.54) is 11.8 Å². The zero-order valence-corrected chi connectivity index (χ0v) is 14.4. The quantitative estimate of drug-likeness (QED) is 0.708. The predicted molar refractivity (Wildman–Crippen MR) is 93.8 cm³/mol. The summed E-state index contributed by atoms with van der Waals surface area (Å²) >= 11 is 1.28. The fourth-order valence-corrected chi connectivity index (χ4v) is 2.99. The fourth-order valence-electron chi connectivity index (χ4n) is 2.17. The summed E-state index contributed by atoms with van der Waals surface area (Å²) in [6, 6.07) is 12.5. The molecule has 1 amide bonds. The van der Waals surface area contributed by atoms with Gasteiger partial charge in [0.05, 0.1) is 22.8 Å². The van der Waals surface area contributed by atoms with Crippen LogP contribution < -0.4 is 5.32 Å². The van der Waals surface area contributed by atoms with Crippen molar-refractivity contribution in [3.8, 4) is 17.7 Å². The van der Waals surface area contributed by atoms with Crippen molar-refractivity contribution >= 4 is 23.4 Å². The number of benzene rings is 1. The van der Waals surface area contributed by atoms with Crippen molar-refractivity contribution in [1.29, 1.82) is 5.26 Å². The maximum Gasteiger partial charge on any atom is 0.237 e. The molecule has 0 unspecified atom stereocenters. The second-order valence-electron chi connectivity index (χ2n) is 5.25. The summed E-state index contributed by atoms with van der Waals surface area (Å²) in [5, 5.41) is 20.3. The number of aromatic nitrogens is 3. The second-order valence-corrected chi connectivity index (χ2v) is 6.56. The molecule has 1 aromatic carbocycles. The van der Waals surface area contributed by atoms with Gasteiger partial charge in [-0.1, -0.05) is 23.9 Å². The number of hydrogen-bond acceptors (Lipinski definition) is 6. The van der Waals surface area contributed by atoms with Gasteiger partial charge in [0, 0.05) is 7.05 Å². The van der Waals surface area contributed by atoms with Crippen LogP contribution in [0.4, 0.5) is 5.69 Å². The Kier molecular flexibility index (Phi) is 4.86. The lowest BCUT2D eigenvalue weighted by Gasteiger charge is -2.12. The van der Waals surface area contributed by atoms with Crippen LogP contribution in [-0.2, 0) is 11.8 Å². The highest BCUT2D eigenvalue weighted by molar-refractivity contribution is 8.00. The van der Waals surface area contributed by atoms with E-state index in [1.807, 2.05) is 7.05 Å². The molecule has 0 bridgehead atoms. The number of thioether (sulfide) groups is 1. The third-order valence-corrected chi connectivity index (χ3v) is 4.67. The highest BCUT2D eigenvalue weighted by atomic mass is 32.2. The predicted octanol–water partition coefficient (Wildman–Crippen LogP) is 3.07. The highest BCUT2D eigenvalue weighted by Crippen LogP contribution is 2.26. The number of amides is 1. The molecular weight excluding hydrogens is 338 g/mol. The molecule has 7 nitrogen and oxygen atoms in total. The van der Waals surface area contributed by atoms with E-state index in [4.69, 9.17) is 9.68 Å². The largest absolute Gasteiger partial charge is 0.461 e. The van der Waals surface area contributed by atoms with Crippen LogP contribution in [0.2, 0.25) is 0 Å². The normalized spacial score (nSPS) is 11.7. The van der Waals surface area contributed by atoms with Gasteiger partial charge < -0.3 is 14.3 Å². The molecule has 3 rings (SSSR count). The number of para-hydroxylation sites is 1. The summed E-state index contributed by atoms with van der Waals surface area (Å²) in [6.45, 7) is 1.77. The first-order valence-corrected chi connectivity index (χ1v) is 8.38. The van der Waals surface area contributed by atoms with Gasteiger partial charge in [-0.2, -0.15) is 5.26 Å². The van der Waals surface area contributed by atoms with Crippen molar-refractivity contribution in [3.05, 3.63) is 48.2 Å². The van der Waals surface area contributed by atoms with Crippen molar-refractivity contribution in [2.45, 2.75) is 17.3 Å². The SMILES string of the molecule is C[C@H](Sc1nnc(-c2ccco2)n1C)C(=O)Nc1ccccc1C#N. The minimum absolute atomic E-state index is 0.213. The summed E-state index contributed by atoms with van der Waals surface area (Å²) in [4.78, 5) is 12.4. The Morgan fingerprint density at radius 2 is 2.12 bits per heavy atom. The number of rotatable bonds is 5. The van der Waals surface area contributed by atoms with Gasteiger partial charge in [-0.15, -0.1) is 10.2 Å². The Morgan fingerprint density at radius 1 is 1.32 bits per heavy atom. The third-order valence-electron chi connectivity index (χ3n) is 3.53. The molecule has 1 atom stereocenters. The van der Waals surface area contributed by atoms with Crippen molar-refractivity contribution < 1.29 is 9.21 Å². The Hall–Kier alpha value is -3.05. The lowest BCUT2D eigenvalue weighted by Crippen LogP contribution is -2.23. The maximum atomic E-state index is 12.4. The molecule has 0 radical (unpaired) electrons. The first-order chi connectivity index (χ1) is 12.1. The van der Waals surface area contributed by atoms with Crippen LogP contribution in [0.25, 0.3) is 11.6 Å². The standard InChI is InChI=1S/C17H15N5O2S/c1-11(16(23)19-13-7-4-3-6-12(13)10-18)25-17-21-20-15(22(17)2)14-8-5-9-24-14/h3-9,11H,1-2H3,(H,19,23)/t11-/m0/s1. The smallest absolute Gasteiger partial charge is 0.237 e. The Balaban J connectivity index is 1.71. The van der Waals surface area contributed by atoms with E-state index in [9.17, 15) is 4.79 Å². The molecular formula is C17H15N5O2S. The zero-order chi connectivity index (χ0) is 17.8. The van der Waals surface area contributed by atoms with Crippen molar-refractivity contribution in [2.75, 3.05) is 5.32 Å². The van der Waals surface area contributed by atoms with Crippen LogP contribution >= 0.6 is 11.8 Å². The van der Waals surface area contributed by atoms with Gasteiger partial charge in [-0.25, -0.2) is 0 Å². The van der Waals surface area contributed by atoms with Crippen LogP contribution in [0.15, 0.2) is 52.2 Å². The topological polar surface area (TPSA) is 96.7 Å². The number of furan rings is 1. The minimum atomic E-state index is -0.418. The summed E-state index contributed by atoms with van der Waals surface area (Å²) in [5.74, 6) is 0.993. The van der Waals surface area contributed by atoms with Gasteiger partial charge in [-0.3, -0.25) is 4.79 Å².